The number of amides is 1. The van der Waals surface area contributed by atoms with Gasteiger partial charge in [0.1, 0.15) is 11.9 Å². The molecule has 0 bridgehead atoms. The molecule has 2 aromatic carbocycles. The Hall–Kier alpha value is -3.41. The number of carbonyl (C=O) groups excluding carboxylic acids is 1. The molecule has 0 radical (unpaired) electrons. The minimum atomic E-state index is -0.175. The summed E-state index contributed by atoms with van der Waals surface area (Å²) in [6.07, 6.45) is 1.86. The van der Waals surface area contributed by atoms with Gasteiger partial charge in [0, 0.05) is 48.6 Å². The average molecular weight is 460 g/mol. The van der Waals surface area contributed by atoms with E-state index in [2.05, 4.69) is 33.2 Å². The highest BCUT2D eigenvalue weighted by molar-refractivity contribution is 7.15. The van der Waals surface area contributed by atoms with Crippen molar-refractivity contribution >= 4 is 28.1 Å². The summed E-state index contributed by atoms with van der Waals surface area (Å²) >= 11 is 1.55. The fraction of sp³-hybridized carbons (Fsp3) is 0.320. The van der Waals surface area contributed by atoms with Crippen molar-refractivity contribution < 1.29 is 9.53 Å². The van der Waals surface area contributed by atoms with E-state index in [9.17, 15) is 4.79 Å². The van der Waals surface area contributed by atoms with E-state index in [0.717, 1.165) is 50.4 Å². The molecule has 1 fully saturated rings. The summed E-state index contributed by atoms with van der Waals surface area (Å²) in [5.41, 5.74) is 3.40. The first-order chi connectivity index (χ1) is 16.1. The fourth-order valence-electron chi connectivity index (χ4n) is 4.25. The van der Waals surface area contributed by atoms with Crippen LogP contribution >= 0.6 is 11.3 Å². The first kappa shape index (κ1) is 21.4. The molecule has 2 aliphatic rings. The molecule has 1 aromatic heterocycles. The van der Waals surface area contributed by atoms with E-state index in [-0.39, 0.29) is 12.0 Å². The largest absolute Gasteiger partial charge is 0.488 e. The minimum Gasteiger partial charge on any atom is -0.488 e. The summed E-state index contributed by atoms with van der Waals surface area (Å²) in [4.78, 5) is 23.2. The van der Waals surface area contributed by atoms with Gasteiger partial charge in [0.15, 0.2) is 5.13 Å². The second-order valence-electron chi connectivity index (χ2n) is 8.49. The van der Waals surface area contributed by atoms with E-state index in [1.54, 1.807) is 23.5 Å². The zero-order valence-electron chi connectivity index (χ0n) is 18.5. The number of anilines is 2. The Kier molecular flexibility index (Phi) is 5.99. The van der Waals surface area contributed by atoms with E-state index in [0.29, 0.717) is 22.0 Å². The van der Waals surface area contributed by atoms with Crippen molar-refractivity contribution in [2.24, 2.45) is 0 Å². The highest BCUT2D eigenvalue weighted by Gasteiger charge is 2.25. The van der Waals surface area contributed by atoms with Crippen molar-refractivity contribution in [1.29, 1.82) is 5.26 Å². The number of rotatable bonds is 5. The first-order valence-corrected chi connectivity index (χ1v) is 11.9. The van der Waals surface area contributed by atoms with Gasteiger partial charge in [-0.15, -0.1) is 11.3 Å². The number of benzene rings is 2. The highest BCUT2D eigenvalue weighted by Crippen LogP contribution is 2.29. The predicted molar refractivity (Wildman–Crippen MR) is 129 cm³/mol. The third-order valence-corrected chi connectivity index (χ3v) is 7.05. The van der Waals surface area contributed by atoms with Crippen molar-refractivity contribution in [1.82, 2.24) is 9.88 Å². The van der Waals surface area contributed by atoms with Crippen LogP contribution in [0.2, 0.25) is 0 Å². The number of aromatic nitrogens is 1. The van der Waals surface area contributed by atoms with Crippen molar-refractivity contribution in [3.63, 3.8) is 0 Å². The first-order valence-electron chi connectivity index (χ1n) is 11.1. The van der Waals surface area contributed by atoms with Crippen LogP contribution < -0.4 is 15.0 Å². The molecule has 7 nitrogen and oxygen atoms in total. The molecule has 2 aliphatic heterocycles. The van der Waals surface area contributed by atoms with Crippen molar-refractivity contribution in [3.05, 3.63) is 70.2 Å². The van der Waals surface area contributed by atoms with Crippen molar-refractivity contribution in [2.45, 2.75) is 25.5 Å². The molecule has 3 aromatic rings. The topological polar surface area (TPSA) is 81.5 Å². The number of likely N-dealkylation sites (N-methyl/N-ethyl adjacent to an activating group) is 1. The van der Waals surface area contributed by atoms with Crippen LogP contribution in [0.1, 0.15) is 32.9 Å². The predicted octanol–water partition coefficient (Wildman–Crippen LogP) is 3.91. The Bertz CT molecular complexity index is 1200. The summed E-state index contributed by atoms with van der Waals surface area (Å²) < 4.78 is 6.20. The number of nitriles is 1. The molecule has 1 atom stereocenters. The van der Waals surface area contributed by atoms with E-state index < -0.39 is 0 Å². The van der Waals surface area contributed by atoms with Gasteiger partial charge in [-0.05, 0) is 49.5 Å². The van der Waals surface area contributed by atoms with Crippen molar-refractivity contribution in [3.8, 4) is 11.8 Å². The lowest BCUT2D eigenvalue weighted by Crippen LogP contribution is -2.25. The number of carbonyl (C=O) groups is 1. The lowest BCUT2D eigenvalue weighted by molar-refractivity contribution is 0.102. The maximum atomic E-state index is 12.8. The van der Waals surface area contributed by atoms with E-state index in [1.165, 1.54) is 4.88 Å². The number of fused-ring (bicyclic) bond motifs is 1. The summed E-state index contributed by atoms with van der Waals surface area (Å²) in [6.45, 7) is 3.53. The van der Waals surface area contributed by atoms with Crippen LogP contribution in [0.5, 0.6) is 5.75 Å². The third kappa shape index (κ3) is 4.85. The Labute approximate surface area is 197 Å². The molecule has 33 heavy (non-hydrogen) atoms. The number of thiazole rings is 1. The Balaban J connectivity index is 1.20. The molecular weight excluding hydrogens is 434 g/mol. The van der Waals surface area contributed by atoms with Gasteiger partial charge >= 0.3 is 0 Å². The van der Waals surface area contributed by atoms with E-state index >= 15 is 0 Å². The molecule has 0 saturated carbocycles. The molecule has 1 amide bonds. The summed E-state index contributed by atoms with van der Waals surface area (Å²) in [5.74, 6) is 0.514. The third-order valence-electron chi connectivity index (χ3n) is 6.05. The molecule has 1 saturated heterocycles. The van der Waals surface area contributed by atoms with Crippen LogP contribution in [-0.2, 0) is 13.0 Å². The summed E-state index contributed by atoms with van der Waals surface area (Å²) in [6, 6.07) is 17.1. The fourth-order valence-corrected chi connectivity index (χ4v) is 5.34. The Morgan fingerprint density at radius 3 is 2.91 bits per heavy atom. The van der Waals surface area contributed by atoms with Crippen LogP contribution in [0.3, 0.4) is 0 Å². The number of ether oxygens (including phenoxy) is 1. The Morgan fingerprint density at radius 1 is 1.24 bits per heavy atom. The van der Waals surface area contributed by atoms with Gasteiger partial charge in [-0.1, -0.05) is 6.07 Å². The van der Waals surface area contributed by atoms with Gasteiger partial charge in [-0.25, -0.2) is 4.98 Å². The van der Waals surface area contributed by atoms with Crippen LogP contribution in [0.4, 0.5) is 10.8 Å². The minimum absolute atomic E-state index is 0.0432. The normalized spacial score (nSPS) is 17.9. The van der Waals surface area contributed by atoms with Crippen LogP contribution in [0, 0.1) is 11.3 Å². The number of hydrogen-bond acceptors (Lipinski definition) is 7. The monoisotopic (exact) mass is 459 g/mol. The molecular formula is C25H25N5O2S. The van der Waals surface area contributed by atoms with E-state index in [4.69, 9.17) is 10.00 Å². The zero-order valence-corrected chi connectivity index (χ0v) is 19.3. The number of hydrogen-bond donors (Lipinski definition) is 1. The molecule has 0 unspecified atom stereocenters. The highest BCUT2D eigenvalue weighted by atomic mass is 32.1. The average Bonchev–Trinajstić information content (AvgIpc) is 3.45. The van der Waals surface area contributed by atoms with Crippen LogP contribution in [-0.4, -0.2) is 48.6 Å². The van der Waals surface area contributed by atoms with Gasteiger partial charge in [-0.2, -0.15) is 5.26 Å². The van der Waals surface area contributed by atoms with Gasteiger partial charge in [0.2, 0.25) is 0 Å². The second kappa shape index (κ2) is 9.22. The van der Waals surface area contributed by atoms with Gasteiger partial charge in [0.25, 0.3) is 5.91 Å². The summed E-state index contributed by atoms with van der Waals surface area (Å²) in [7, 11) is 2.10. The van der Waals surface area contributed by atoms with Crippen LogP contribution in [0.15, 0.2) is 48.5 Å². The zero-order chi connectivity index (χ0) is 22.8. The van der Waals surface area contributed by atoms with Gasteiger partial charge in [-0.3, -0.25) is 10.1 Å². The number of nitrogens with one attached hydrogen (secondary N) is 1. The molecule has 3 heterocycles. The van der Waals surface area contributed by atoms with E-state index in [1.807, 2.05) is 36.4 Å². The quantitative estimate of drug-likeness (QED) is 0.623. The smallest absolute Gasteiger partial charge is 0.257 e. The molecule has 5 rings (SSSR count). The lowest BCUT2D eigenvalue weighted by Gasteiger charge is -2.20. The SMILES string of the molecule is CN1CCc2nc(NC(=O)c3cccc(O[C@H]4CCN(c5ccc(C#N)cc5)C4)c3)sc2C1. The van der Waals surface area contributed by atoms with Gasteiger partial charge < -0.3 is 14.5 Å². The molecule has 8 heteroatoms. The maximum absolute atomic E-state index is 12.8. The standard InChI is InChI=1S/C25H25N5O2S/c1-29-11-10-22-23(16-29)33-25(27-22)28-24(31)18-3-2-4-20(13-18)32-21-9-12-30(15-21)19-7-5-17(14-26)6-8-19/h2-8,13,21H,9-12,15-16H2,1H3,(H,27,28,31)/t21-/m0/s1. The number of nitrogens with zero attached hydrogens (tertiary/aromatic N) is 4. The molecule has 0 spiro atoms. The molecule has 168 valence electrons. The Morgan fingerprint density at radius 2 is 2.09 bits per heavy atom. The van der Waals surface area contributed by atoms with Crippen molar-refractivity contribution in [2.75, 3.05) is 36.9 Å². The molecule has 0 aliphatic carbocycles. The maximum Gasteiger partial charge on any atom is 0.257 e. The summed E-state index contributed by atoms with van der Waals surface area (Å²) in [5, 5.41) is 12.6. The second-order valence-corrected chi connectivity index (χ2v) is 9.58. The van der Waals surface area contributed by atoms with Gasteiger partial charge in [0.05, 0.1) is 23.9 Å². The molecule has 1 N–H and O–H groups in total. The van der Waals surface area contributed by atoms with Crippen LogP contribution in [0.25, 0.3) is 0 Å². The lowest BCUT2D eigenvalue weighted by atomic mass is 10.2.